The van der Waals surface area contributed by atoms with Crippen LogP contribution in [0.3, 0.4) is 0 Å². The van der Waals surface area contributed by atoms with E-state index >= 15 is 0 Å². The Morgan fingerprint density at radius 2 is 2.10 bits per heavy atom. The van der Waals surface area contributed by atoms with Crippen molar-refractivity contribution in [3.63, 3.8) is 0 Å². The van der Waals surface area contributed by atoms with Crippen molar-refractivity contribution < 1.29 is 9.90 Å². The molecule has 1 aliphatic carbocycles. The highest BCUT2D eigenvalue weighted by atomic mass is 16.3. The molecule has 0 atom stereocenters. The maximum Gasteiger partial charge on any atom is 0.251 e. The van der Waals surface area contributed by atoms with Crippen LogP contribution in [0.15, 0.2) is 42.7 Å². The lowest BCUT2D eigenvalue weighted by molar-refractivity contribution is 0.0935. The minimum Gasteiger partial charge on any atom is -0.396 e. The number of hydrogen-bond acceptors (Lipinski definition) is 3. The van der Waals surface area contributed by atoms with Crippen LogP contribution in [-0.4, -0.2) is 33.9 Å². The maximum atomic E-state index is 12.0. The van der Waals surface area contributed by atoms with E-state index in [0.717, 1.165) is 18.5 Å². The van der Waals surface area contributed by atoms with Crippen molar-refractivity contribution in [2.24, 2.45) is 5.41 Å². The van der Waals surface area contributed by atoms with Crippen LogP contribution in [0.1, 0.15) is 23.2 Å². The molecule has 0 unspecified atom stereocenters. The summed E-state index contributed by atoms with van der Waals surface area (Å²) in [6.45, 7) is 0.689. The third kappa shape index (κ3) is 2.58. The first kappa shape index (κ1) is 12.9. The molecule has 0 spiro atoms. The molecule has 2 N–H and O–H groups in total. The Balaban J connectivity index is 1.64. The summed E-state index contributed by atoms with van der Waals surface area (Å²) < 4.78 is 1.74. The van der Waals surface area contributed by atoms with Gasteiger partial charge in [-0.15, -0.1) is 0 Å². The van der Waals surface area contributed by atoms with Crippen molar-refractivity contribution in [3.8, 4) is 5.69 Å². The number of aromatic nitrogens is 2. The van der Waals surface area contributed by atoms with E-state index in [1.54, 1.807) is 23.0 Å². The van der Waals surface area contributed by atoms with E-state index in [1.165, 1.54) is 0 Å². The Morgan fingerprint density at radius 3 is 2.65 bits per heavy atom. The van der Waals surface area contributed by atoms with Gasteiger partial charge in [-0.25, -0.2) is 4.68 Å². The number of carbonyl (C=O) groups is 1. The first-order valence-corrected chi connectivity index (χ1v) is 6.72. The van der Waals surface area contributed by atoms with Crippen LogP contribution >= 0.6 is 0 Å². The zero-order valence-corrected chi connectivity index (χ0v) is 11.1. The zero-order chi connectivity index (χ0) is 14.0. The van der Waals surface area contributed by atoms with Crippen LogP contribution in [-0.2, 0) is 0 Å². The predicted molar refractivity (Wildman–Crippen MR) is 74.7 cm³/mol. The number of benzene rings is 1. The van der Waals surface area contributed by atoms with E-state index in [2.05, 4.69) is 10.4 Å². The maximum absolute atomic E-state index is 12.0. The normalized spacial score (nSPS) is 15.8. The van der Waals surface area contributed by atoms with Gasteiger partial charge in [-0.3, -0.25) is 4.79 Å². The third-order valence-electron chi connectivity index (χ3n) is 3.81. The van der Waals surface area contributed by atoms with Gasteiger partial charge in [0, 0.05) is 29.9 Å². The second-order valence-electron chi connectivity index (χ2n) is 5.34. The summed E-state index contributed by atoms with van der Waals surface area (Å²) in [5.74, 6) is -0.100. The van der Waals surface area contributed by atoms with Crippen molar-refractivity contribution in [2.45, 2.75) is 12.8 Å². The van der Waals surface area contributed by atoms with Crippen molar-refractivity contribution in [1.82, 2.24) is 15.1 Å². The highest BCUT2D eigenvalue weighted by Crippen LogP contribution is 2.44. The number of amides is 1. The van der Waals surface area contributed by atoms with E-state index in [4.69, 9.17) is 0 Å². The lowest BCUT2D eigenvalue weighted by Crippen LogP contribution is -2.31. The molecule has 1 aliphatic rings. The second-order valence-corrected chi connectivity index (χ2v) is 5.34. The first-order valence-electron chi connectivity index (χ1n) is 6.72. The molecule has 5 heteroatoms. The fourth-order valence-corrected chi connectivity index (χ4v) is 2.12. The Morgan fingerprint density at radius 1 is 1.35 bits per heavy atom. The van der Waals surface area contributed by atoms with Gasteiger partial charge in [0.25, 0.3) is 5.91 Å². The molecule has 1 saturated carbocycles. The Kier molecular flexibility index (Phi) is 3.28. The SMILES string of the molecule is O=C(NCC1(CO)CC1)c1ccc(-n2cccn2)cc1. The van der Waals surface area contributed by atoms with Crippen LogP contribution in [0.25, 0.3) is 5.69 Å². The highest BCUT2D eigenvalue weighted by Gasteiger charge is 2.42. The van der Waals surface area contributed by atoms with Gasteiger partial charge in [0.05, 0.1) is 12.3 Å². The molecule has 0 radical (unpaired) electrons. The topological polar surface area (TPSA) is 67.2 Å². The van der Waals surface area contributed by atoms with Crippen LogP contribution < -0.4 is 5.32 Å². The van der Waals surface area contributed by atoms with Crippen LogP contribution in [0, 0.1) is 5.41 Å². The number of carbonyl (C=O) groups excluding carboxylic acids is 1. The van der Waals surface area contributed by atoms with E-state index in [0.29, 0.717) is 12.1 Å². The predicted octanol–water partition coefficient (Wildman–Crippen LogP) is 1.37. The molecule has 0 saturated heterocycles. The Labute approximate surface area is 117 Å². The lowest BCUT2D eigenvalue weighted by Gasteiger charge is -2.12. The first-order chi connectivity index (χ1) is 9.72. The third-order valence-corrected chi connectivity index (χ3v) is 3.81. The Bertz CT molecular complexity index is 586. The molecule has 2 aromatic rings. The zero-order valence-electron chi connectivity index (χ0n) is 11.1. The van der Waals surface area contributed by atoms with Crippen molar-refractivity contribution >= 4 is 5.91 Å². The van der Waals surface area contributed by atoms with Gasteiger partial charge in [0.2, 0.25) is 0 Å². The molecule has 1 amide bonds. The molecular formula is C15H17N3O2. The van der Waals surface area contributed by atoms with Gasteiger partial charge in [0.15, 0.2) is 0 Å². The fraction of sp³-hybridized carbons (Fsp3) is 0.333. The molecule has 5 nitrogen and oxygen atoms in total. The number of nitrogens with one attached hydrogen (secondary N) is 1. The standard InChI is InChI=1S/C15H17N3O2/c19-11-15(6-7-15)10-16-14(20)12-2-4-13(5-3-12)18-9-1-8-17-18/h1-5,8-9,19H,6-7,10-11H2,(H,16,20). The number of hydrogen-bond donors (Lipinski definition) is 2. The highest BCUT2D eigenvalue weighted by molar-refractivity contribution is 5.94. The average molecular weight is 271 g/mol. The van der Waals surface area contributed by atoms with Gasteiger partial charge in [0.1, 0.15) is 0 Å². The van der Waals surface area contributed by atoms with Crippen molar-refractivity contribution in [1.29, 1.82) is 0 Å². The van der Waals surface area contributed by atoms with Gasteiger partial charge < -0.3 is 10.4 Å². The lowest BCUT2D eigenvalue weighted by atomic mass is 10.1. The summed E-state index contributed by atoms with van der Waals surface area (Å²) in [5.41, 5.74) is 1.47. The molecule has 0 bridgehead atoms. The molecule has 1 fully saturated rings. The minimum absolute atomic E-state index is 0.0648. The molecule has 3 rings (SSSR count). The Hall–Kier alpha value is -2.14. The smallest absolute Gasteiger partial charge is 0.251 e. The van der Waals surface area contributed by atoms with E-state index in [1.807, 2.05) is 24.4 Å². The number of nitrogens with zero attached hydrogens (tertiary/aromatic N) is 2. The summed E-state index contributed by atoms with van der Waals surface area (Å²) in [6.07, 6.45) is 5.54. The minimum atomic E-state index is -0.100. The molecule has 20 heavy (non-hydrogen) atoms. The molecule has 1 aromatic carbocycles. The molecule has 1 heterocycles. The van der Waals surface area contributed by atoms with Crippen molar-refractivity contribution in [2.75, 3.05) is 13.2 Å². The summed E-state index contributed by atoms with van der Waals surface area (Å²) in [5, 5.41) is 16.2. The van der Waals surface area contributed by atoms with E-state index < -0.39 is 0 Å². The van der Waals surface area contributed by atoms with Gasteiger partial charge in [-0.1, -0.05) is 0 Å². The molecule has 1 aromatic heterocycles. The van der Waals surface area contributed by atoms with Crippen LogP contribution in [0.4, 0.5) is 0 Å². The molecular weight excluding hydrogens is 254 g/mol. The van der Waals surface area contributed by atoms with Gasteiger partial charge in [-0.05, 0) is 43.2 Å². The molecule has 0 aliphatic heterocycles. The number of aliphatic hydroxyl groups excluding tert-OH is 1. The quantitative estimate of drug-likeness (QED) is 0.863. The number of aliphatic hydroxyl groups is 1. The van der Waals surface area contributed by atoms with Gasteiger partial charge >= 0.3 is 0 Å². The fourth-order valence-electron chi connectivity index (χ4n) is 2.12. The van der Waals surface area contributed by atoms with E-state index in [-0.39, 0.29) is 17.9 Å². The number of rotatable bonds is 5. The average Bonchev–Trinajstić information content (AvgIpc) is 3.07. The van der Waals surface area contributed by atoms with Crippen LogP contribution in [0.2, 0.25) is 0 Å². The van der Waals surface area contributed by atoms with Crippen molar-refractivity contribution in [3.05, 3.63) is 48.3 Å². The van der Waals surface area contributed by atoms with E-state index in [9.17, 15) is 9.90 Å². The summed E-state index contributed by atoms with van der Waals surface area (Å²) >= 11 is 0. The summed E-state index contributed by atoms with van der Waals surface area (Å²) in [7, 11) is 0. The molecule has 104 valence electrons. The van der Waals surface area contributed by atoms with Crippen LogP contribution in [0.5, 0.6) is 0 Å². The monoisotopic (exact) mass is 271 g/mol. The second kappa shape index (κ2) is 5.09. The summed E-state index contributed by atoms with van der Waals surface area (Å²) in [4.78, 5) is 12.0. The van der Waals surface area contributed by atoms with Gasteiger partial charge in [-0.2, -0.15) is 5.10 Å². The summed E-state index contributed by atoms with van der Waals surface area (Å²) in [6, 6.07) is 9.14. The largest absolute Gasteiger partial charge is 0.396 e.